The number of hydrogen-bond acceptors (Lipinski definition) is 2. The Hall–Kier alpha value is -1.98. The van der Waals surface area contributed by atoms with Gasteiger partial charge in [0.1, 0.15) is 11.6 Å². The van der Waals surface area contributed by atoms with E-state index in [4.69, 9.17) is 5.73 Å². The van der Waals surface area contributed by atoms with Gasteiger partial charge in [-0.3, -0.25) is 9.59 Å². The van der Waals surface area contributed by atoms with E-state index >= 15 is 0 Å². The Labute approximate surface area is 116 Å². The van der Waals surface area contributed by atoms with Crippen LogP contribution in [0, 0.1) is 17.6 Å². The quantitative estimate of drug-likeness (QED) is 0.797. The van der Waals surface area contributed by atoms with E-state index < -0.39 is 23.5 Å². The second-order valence-electron chi connectivity index (χ2n) is 4.57. The minimum absolute atomic E-state index is 0.0129. The van der Waals surface area contributed by atoms with Crippen LogP contribution in [0.5, 0.6) is 0 Å². The van der Waals surface area contributed by atoms with Crippen LogP contribution < -0.4 is 11.1 Å². The zero-order chi connectivity index (χ0) is 15.1. The molecule has 1 aromatic rings. The third-order valence-corrected chi connectivity index (χ3v) is 2.91. The molecule has 0 radical (unpaired) electrons. The van der Waals surface area contributed by atoms with Crippen molar-refractivity contribution in [2.75, 3.05) is 6.54 Å². The number of hydrogen-bond donors (Lipinski definition) is 2. The van der Waals surface area contributed by atoms with Crippen LogP contribution in [-0.4, -0.2) is 18.4 Å². The Kier molecular flexibility index (Phi) is 6.09. The summed E-state index contributed by atoms with van der Waals surface area (Å²) in [7, 11) is 0. The Balaban J connectivity index is 2.62. The lowest BCUT2D eigenvalue weighted by Crippen LogP contribution is -2.31. The molecule has 0 saturated carbocycles. The van der Waals surface area contributed by atoms with Gasteiger partial charge in [0.05, 0.1) is 0 Å². The van der Waals surface area contributed by atoms with Crippen molar-refractivity contribution < 1.29 is 18.4 Å². The molecular formula is C14H18F2N2O2. The Morgan fingerprint density at radius 1 is 1.25 bits per heavy atom. The average Bonchev–Trinajstić information content (AvgIpc) is 2.33. The minimum Gasteiger partial charge on any atom is -0.369 e. The predicted molar refractivity (Wildman–Crippen MR) is 70.7 cm³/mol. The van der Waals surface area contributed by atoms with Gasteiger partial charge in [-0.25, -0.2) is 8.78 Å². The second kappa shape index (κ2) is 7.57. The van der Waals surface area contributed by atoms with E-state index in [0.29, 0.717) is 12.1 Å². The summed E-state index contributed by atoms with van der Waals surface area (Å²) in [5.41, 5.74) is 5.67. The number of carbonyl (C=O) groups excluding carboxylic acids is 2. The third-order valence-electron chi connectivity index (χ3n) is 2.91. The van der Waals surface area contributed by atoms with Gasteiger partial charge in [-0.05, 0) is 37.5 Å². The number of rotatable bonds is 7. The number of nitrogens with one attached hydrogen (secondary N) is 1. The molecule has 1 atom stereocenters. The molecule has 0 unspecified atom stereocenters. The largest absolute Gasteiger partial charge is 0.369 e. The predicted octanol–water partition coefficient (Wildman–Crippen LogP) is 1.53. The highest BCUT2D eigenvalue weighted by atomic mass is 19.1. The lowest BCUT2D eigenvalue weighted by atomic mass is 9.95. The Morgan fingerprint density at radius 3 is 2.35 bits per heavy atom. The van der Waals surface area contributed by atoms with Crippen LogP contribution in [0.4, 0.5) is 8.78 Å². The van der Waals surface area contributed by atoms with Crippen molar-refractivity contribution >= 4 is 11.8 Å². The van der Waals surface area contributed by atoms with E-state index in [1.54, 1.807) is 6.92 Å². The van der Waals surface area contributed by atoms with Crippen molar-refractivity contribution in [3.05, 3.63) is 35.4 Å². The van der Waals surface area contributed by atoms with Crippen molar-refractivity contribution in [3.8, 4) is 0 Å². The maximum Gasteiger partial charge on any atom is 0.221 e. The molecule has 0 aliphatic heterocycles. The number of carbonyl (C=O) groups is 2. The lowest BCUT2D eigenvalue weighted by Gasteiger charge is -2.13. The summed E-state index contributed by atoms with van der Waals surface area (Å²) in [6.45, 7) is 2.24. The van der Waals surface area contributed by atoms with Gasteiger partial charge in [-0.2, -0.15) is 0 Å². The fraction of sp³-hybridized carbons (Fsp3) is 0.429. The van der Waals surface area contributed by atoms with E-state index in [2.05, 4.69) is 5.32 Å². The van der Waals surface area contributed by atoms with Crippen molar-refractivity contribution in [1.29, 1.82) is 0 Å². The second-order valence-corrected chi connectivity index (χ2v) is 4.57. The van der Waals surface area contributed by atoms with Crippen molar-refractivity contribution in [2.24, 2.45) is 11.7 Å². The first-order chi connectivity index (χ1) is 9.42. The molecule has 6 heteroatoms. The molecule has 1 aromatic carbocycles. The average molecular weight is 284 g/mol. The Bertz CT molecular complexity index is 472. The van der Waals surface area contributed by atoms with E-state index in [1.165, 1.54) is 12.1 Å². The standard InChI is InChI=1S/C14H18F2N2O2/c1-2-18-13(19)7-10(14(17)20)4-3-9-5-11(15)8-12(16)6-9/h5-6,8,10H,2-4,7H2,1H3,(H2,17,20)(H,18,19)/t10-/m0/s1. The zero-order valence-electron chi connectivity index (χ0n) is 11.3. The summed E-state index contributed by atoms with van der Waals surface area (Å²) >= 11 is 0. The monoisotopic (exact) mass is 284 g/mol. The van der Waals surface area contributed by atoms with Gasteiger partial charge >= 0.3 is 0 Å². The van der Waals surface area contributed by atoms with Gasteiger partial charge < -0.3 is 11.1 Å². The number of halogens is 2. The molecule has 4 nitrogen and oxygen atoms in total. The summed E-state index contributed by atoms with van der Waals surface area (Å²) in [6.07, 6.45) is 0.540. The van der Waals surface area contributed by atoms with Crippen LogP contribution in [-0.2, 0) is 16.0 Å². The maximum atomic E-state index is 13.0. The molecular weight excluding hydrogens is 266 g/mol. The van der Waals surface area contributed by atoms with Gasteiger partial charge in [0.15, 0.2) is 0 Å². The first-order valence-electron chi connectivity index (χ1n) is 6.43. The van der Waals surface area contributed by atoms with Gasteiger partial charge in [0.2, 0.25) is 11.8 Å². The summed E-state index contributed by atoms with van der Waals surface area (Å²) in [6, 6.07) is 3.18. The maximum absolute atomic E-state index is 13.0. The number of primary amides is 1. The van der Waals surface area contributed by atoms with Gasteiger partial charge in [0.25, 0.3) is 0 Å². The van der Waals surface area contributed by atoms with Crippen molar-refractivity contribution in [1.82, 2.24) is 5.32 Å². The van der Waals surface area contributed by atoms with Crippen molar-refractivity contribution in [3.63, 3.8) is 0 Å². The summed E-state index contributed by atoms with van der Waals surface area (Å²) in [4.78, 5) is 22.7. The normalized spacial score (nSPS) is 11.9. The molecule has 110 valence electrons. The molecule has 2 amide bonds. The fourth-order valence-corrected chi connectivity index (χ4v) is 1.93. The molecule has 0 fully saturated rings. The minimum atomic E-state index is -0.667. The fourth-order valence-electron chi connectivity index (χ4n) is 1.93. The molecule has 0 saturated heterocycles. The van der Waals surface area contributed by atoms with Crippen LogP contribution in [0.1, 0.15) is 25.3 Å². The number of nitrogens with two attached hydrogens (primary N) is 1. The number of amides is 2. The molecule has 0 aromatic heterocycles. The molecule has 0 spiro atoms. The molecule has 0 aliphatic carbocycles. The van der Waals surface area contributed by atoms with Crippen LogP contribution in [0.25, 0.3) is 0 Å². The molecule has 1 rings (SSSR count). The highest BCUT2D eigenvalue weighted by molar-refractivity contribution is 5.84. The molecule has 0 bridgehead atoms. The number of benzene rings is 1. The first-order valence-corrected chi connectivity index (χ1v) is 6.43. The van der Waals surface area contributed by atoms with E-state index in [-0.39, 0.29) is 25.2 Å². The molecule has 0 heterocycles. The van der Waals surface area contributed by atoms with Crippen LogP contribution in [0.3, 0.4) is 0 Å². The highest BCUT2D eigenvalue weighted by Crippen LogP contribution is 2.15. The summed E-state index contributed by atoms with van der Waals surface area (Å²) in [5.74, 6) is -2.83. The van der Waals surface area contributed by atoms with Crippen molar-refractivity contribution in [2.45, 2.75) is 26.2 Å². The van der Waals surface area contributed by atoms with Gasteiger partial charge in [-0.1, -0.05) is 0 Å². The number of aryl methyl sites for hydroxylation is 1. The summed E-state index contributed by atoms with van der Waals surface area (Å²) < 4.78 is 26.1. The van der Waals surface area contributed by atoms with E-state index in [1.807, 2.05) is 0 Å². The van der Waals surface area contributed by atoms with E-state index in [0.717, 1.165) is 6.07 Å². The van der Waals surface area contributed by atoms with E-state index in [9.17, 15) is 18.4 Å². The van der Waals surface area contributed by atoms with Crippen LogP contribution in [0.15, 0.2) is 18.2 Å². The smallest absolute Gasteiger partial charge is 0.221 e. The molecule has 20 heavy (non-hydrogen) atoms. The van der Waals surface area contributed by atoms with Gasteiger partial charge in [-0.15, -0.1) is 0 Å². The topological polar surface area (TPSA) is 72.2 Å². The SMILES string of the molecule is CCNC(=O)C[C@H](CCc1cc(F)cc(F)c1)C(N)=O. The molecule has 0 aliphatic rings. The Morgan fingerprint density at radius 2 is 1.85 bits per heavy atom. The van der Waals surface area contributed by atoms with Gasteiger partial charge in [0, 0.05) is 24.9 Å². The zero-order valence-corrected chi connectivity index (χ0v) is 11.3. The summed E-state index contributed by atoms with van der Waals surface area (Å²) in [5, 5.41) is 2.58. The lowest BCUT2D eigenvalue weighted by molar-refractivity contribution is -0.128. The van der Waals surface area contributed by atoms with Crippen LogP contribution in [0.2, 0.25) is 0 Å². The first kappa shape index (κ1) is 16.1. The molecule has 3 N–H and O–H groups in total. The van der Waals surface area contributed by atoms with Crippen LogP contribution >= 0.6 is 0 Å². The highest BCUT2D eigenvalue weighted by Gasteiger charge is 2.19. The third kappa shape index (κ3) is 5.34.